The van der Waals surface area contributed by atoms with E-state index in [1.54, 1.807) is 0 Å². The molecule has 2 N–H and O–H groups in total. The lowest BCUT2D eigenvalue weighted by molar-refractivity contribution is -0.120. The van der Waals surface area contributed by atoms with Gasteiger partial charge in [0.25, 0.3) is 5.91 Å². The van der Waals surface area contributed by atoms with Crippen molar-refractivity contribution in [3.8, 4) is 0 Å². The summed E-state index contributed by atoms with van der Waals surface area (Å²) in [6.07, 6.45) is 4.11. The van der Waals surface area contributed by atoms with Gasteiger partial charge >= 0.3 is 0 Å². The van der Waals surface area contributed by atoms with Gasteiger partial charge in [-0.25, -0.2) is 5.43 Å². The maximum Gasteiger partial charge on any atom is 0.268 e. The summed E-state index contributed by atoms with van der Waals surface area (Å²) in [6, 6.07) is 10.0. The molecule has 104 valence electrons. The van der Waals surface area contributed by atoms with Crippen molar-refractivity contribution in [1.82, 2.24) is 10.7 Å². The highest BCUT2D eigenvalue weighted by molar-refractivity contribution is 6.43. The van der Waals surface area contributed by atoms with E-state index in [0.29, 0.717) is 0 Å². The highest BCUT2D eigenvalue weighted by Gasteiger charge is 2.38. The van der Waals surface area contributed by atoms with E-state index in [1.165, 1.54) is 0 Å². The fraction of sp³-hybridized carbons (Fsp3) is 0.400. The van der Waals surface area contributed by atoms with Crippen LogP contribution in [-0.2, 0) is 15.1 Å². The van der Waals surface area contributed by atoms with Crippen molar-refractivity contribution in [2.24, 2.45) is 5.10 Å². The standard InChI is InChI=1S/C15H17N3O2/c19-13-10-12(17-18-13)14(20)16-15(8-4-5-9-15)11-6-2-1-3-7-11/h1-3,6-7H,4-5,8-10H2,(H,16,20)(H,18,19). The molecular weight excluding hydrogens is 254 g/mol. The second-order valence-electron chi connectivity index (χ2n) is 5.38. The molecule has 1 aliphatic heterocycles. The number of carbonyl (C=O) groups is 2. The fourth-order valence-electron chi connectivity index (χ4n) is 3.00. The highest BCUT2D eigenvalue weighted by Crippen LogP contribution is 2.38. The third-order valence-corrected chi connectivity index (χ3v) is 4.04. The van der Waals surface area contributed by atoms with Crippen LogP contribution in [0.1, 0.15) is 37.7 Å². The highest BCUT2D eigenvalue weighted by atomic mass is 16.2. The first-order valence-electron chi connectivity index (χ1n) is 6.93. The minimum absolute atomic E-state index is 0.0662. The molecule has 0 unspecified atom stereocenters. The molecule has 3 rings (SSSR count). The molecular formula is C15H17N3O2. The lowest BCUT2D eigenvalue weighted by atomic mass is 9.88. The Hall–Kier alpha value is -2.17. The van der Waals surface area contributed by atoms with Gasteiger partial charge in [-0.3, -0.25) is 9.59 Å². The maximum atomic E-state index is 12.3. The number of carbonyl (C=O) groups excluding carboxylic acids is 2. The van der Waals surface area contributed by atoms with Gasteiger partial charge < -0.3 is 5.32 Å². The first-order valence-corrected chi connectivity index (χ1v) is 6.93. The number of hydrazone groups is 1. The van der Waals surface area contributed by atoms with Gasteiger partial charge in [0.05, 0.1) is 12.0 Å². The van der Waals surface area contributed by atoms with Crippen molar-refractivity contribution >= 4 is 17.5 Å². The molecule has 20 heavy (non-hydrogen) atoms. The molecule has 2 amide bonds. The Kier molecular flexibility index (Phi) is 3.26. The van der Waals surface area contributed by atoms with E-state index in [4.69, 9.17) is 0 Å². The fourth-order valence-corrected chi connectivity index (χ4v) is 3.00. The topological polar surface area (TPSA) is 70.6 Å². The number of nitrogens with zero attached hydrogens (tertiary/aromatic N) is 1. The average molecular weight is 271 g/mol. The van der Waals surface area contributed by atoms with Gasteiger partial charge in [0.2, 0.25) is 5.91 Å². The third kappa shape index (κ3) is 2.31. The number of amides is 2. The number of hydrogen-bond donors (Lipinski definition) is 2. The number of hydrogen-bond acceptors (Lipinski definition) is 3. The smallest absolute Gasteiger partial charge is 0.268 e. The summed E-state index contributed by atoms with van der Waals surface area (Å²) in [6.45, 7) is 0. The van der Waals surface area contributed by atoms with E-state index in [0.717, 1.165) is 31.2 Å². The molecule has 0 aromatic heterocycles. The van der Waals surface area contributed by atoms with Crippen LogP contribution >= 0.6 is 0 Å². The number of nitrogens with one attached hydrogen (secondary N) is 2. The molecule has 1 heterocycles. The monoisotopic (exact) mass is 271 g/mol. The van der Waals surface area contributed by atoms with Gasteiger partial charge in [-0.2, -0.15) is 5.10 Å². The molecule has 0 radical (unpaired) electrons. The van der Waals surface area contributed by atoms with Crippen LogP contribution in [-0.4, -0.2) is 17.5 Å². The van der Waals surface area contributed by atoms with Crippen LogP contribution in [0.25, 0.3) is 0 Å². The summed E-state index contributed by atoms with van der Waals surface area (Å²) in [5.41, 5.74) is 3.41. The van der Waals surface area contributed by atoms with Crippen molar-refractivity contribution < 1.29 is 9.59 Å². The lowest BCUT2D eigenvalue weighted by Crippen LogP contribution is -2.46. The van der Waals surface area contributed by atoms with E-state index >= 15 is 0 Å². The summed E-state index contributed by atoms with van der Waals surface area (Å²) in [7, 11) is 0. The predicted molar refractivity (Wildman–Crippen MR) is 74.9 cm³/mol. The molecule has 1 aromatic rings. The van der Waals surface area contributed by atoms with Gasteiger partial charge in [0.1, 0.15) is 5.71 Å². The van der Waals surface area contributed by atoms with Gasteiger partial charge in [-0.05, 0) is 18.4 Å². The van der Waals surface area contributed by atoms with Crippen molar-refractivity contribution in [2.45, 2.75) is 37.6 Å². The molecule has 5 nitrogen and oxygen atoms in total. The van der Waals surface area contributed by atoms with Gasteiger partial charge in [-0.1, -0.05) is 43.2 Å². The van der Waals surface area contributed by atoms with E-state index < -0.39 is 0 Å². The largest absolute Gasteiger partial charge is 0.341 e. The number of benzene rings is 1. The molecule has 1 aromatic carbocycles. The van der Waals surface area contributed by atoms with Crippen LogP contribution in [0.4, 0.5) is 0 Å². The lowest BCUT2D eigenvalue weighted by Gasteiger charge is -2.31. The van der Waals surface area contributed by atoms with Crippen LogP contribution in [0.2, 0.25) is 0 Å². The Morgan fingerprint density at radius 2 is 1.90 bits per heavy atom. The van der Waals surface area contributed by atoms with Crippen LogP contribution in [0.15, 0.2) is 35.4 Å². The molecule has 1 fully saturated rings. The SMILES string of the molecule is O=C1CC(C(=O)NC2(c3ccccc3)CCCC2)=NN1. The second kappa shape index (κ2) is 5.07. The minimum atomic E-state index is -0.313. The zero-order valence-electron chi connectivity index (χ0n) is 11.2. The Morgan fingerprint density at radius 3 is 2.50 bits per heavy atom. The van der Waals surface area contributed by atoms with E-state index in [9.17, 15) is 9.59 Å². The summed E-state index contributed by atoms with van der Waals surface area (Å²) < 4.78 is 0. The summed E-state index contributed by atoms with van der Waals surface area (Å²) in [5.74, 6) is -0.468. The number of rotatable bonds is 3. The first-order chi connectivity index (χ1) is 9.70. The Bertz CT molecular complexity index is 560. The normalized spacial score (nSPS) is 20.4. The molecule has 2 aliphatic rings. The summed E-state index contributed by atoms with van der Waals surface area (Å²) >= 11 is 0. The molecule has 0 saturated heterocycles. The minimum Gasteiger partial charge on any atom is -0.341 e. The Balaban J connectivity index is 1.82. The maximum absolute atomic E-state index is 12.3. The van der Waals surface area contributed by atoms with E-state index in [2.05, 4.69) is 15.8 Å². The zero-order chi connectivity index (χ0) is 14.0. The second-order valence-corrected chi connectivity index (χ2v) is 5.38. The third-order valence-electron chi connectivity index (χ3n) is 4.04. The van der Waals surface area contributed by atoms with Crippen molar-refractivity contribution in [2.75, 3.05) is 0 Å². The summed E-state index contributed by atoms with van der Waals surface area (Å²) in [4.78, 5) is 23.4. The molecule has 0 spiro atoms. The van der Waals surface area contributed by atoms with Crippen molar-refractivity contribution in [3.05, 3.63) is 35.9 Å². The molecule has 0 atom stereocenters. The molecule has 1 aliphatic carbocycles. The van der Waals surface area contributed by atoms with Crippen LogP contribution in [0.3, 0.4) is 0 Å². The van der Waals surface area contributed by atoms with Crippen LogP contribution < -0.4 is 10.7 Å². The van der Waals surface area contributed by atoms with Crippen molar-refractivity contribution in [3.63, 3.8) is 0 Å². The Labute approximate surface area is 117 Å². The zero-order valence-corrected chi connectivity index (χ0v) is 11.2. The van der Waals surface area contributed by atoms with Crippen LogP contribution in [0, 0.1) is 0 Å². The van der Waals surface area contributed by atoms with Gasteiger partial charge in [-0.15, -0.1) is 0 Å². The average Bonchev–Trinajstić information content (AvgIpc) is 3.10. The first kappa shape index (κ1) is 12.8. The van der Waals surface area contributed by atoms with E-state index in [-0.39, 0.29) is 29.5 Å². The molecule has 0 bridgehead atoms. The van der Waals surface area contributed by atoms with Crippen molar-refractivity contribution in [1.29, 1.82) is 0 Å². The molecule has 1 saturated carbocycles. The van der Waals surface area contributed by atoms with Gasteiger partial charge in [0.15, 0.2) is 0 Å². The van der Waals surface area contributed by atoms with Crippen LogP contribution in [0.5, 0.6) is 0 Å². The molecule has 5 heteroatoms. The quantitative estimate of drug-likeness (QED) is 0.873. The summed E-state index contributed by atoms with van der Waals surface area (Å²) in [5, 5.41) is 6.90. The Morgan fingerprint density at radius 1 is 1.20 bits per heavy atom. The van der Waals surface area contributed by atoms with E-state index in [1.807, 2.05) is 30.3 Å². The predicted octanol–water partition coefficient (Wildman–Crippen LogP) is 1.45. The van der Waals surface area contributed by atoms with Gasteiger partial charge in [0, 0.05) is 0 Å².